The number of carboxylic acids is 1. The van der Waals surface area contributed by atoms with Gasteiger partial charge >= 0.3 is 5.97 Å². The smallest absolute Gasteiger partial charge is 0.327 e. The predicted molar refractivity (Wildman–Crippen MR) is 104 cm³/mol. The van der Waals surface area contributed by atoms with Crippen molar-refractivity contribution in [2.24, 2.45) is 5.73 Å². The van der Waals surface area contributed by atoms with E-state index in [0.29, 0.717) is 19.4 Å². The van der Waals surface area contributed by atoms with Crippen LogP contribution in [-0.4, -0.2) is 40.8 Å². The summed E-state index contributed by atoms with van der Waals surface area (Å²) in [4.78, 5) is 11.6. The number of rotatable bonds is 10. The minimum Gasteiger partial charge on any atom is -0.480 e. The molecule has 2 unspecified atom stereocenters. The summed E-state index contributed by atoms with van der Waals surface area (Å²) >= 11 is -1.73. The van der Waals surface area contributed by atoms with E-state index in [1.807, 2.05) is 0 Å². The minimum absolute atomic E-state index is 0.0600. The molecular weight excluding hydrogens is 412 g/mol. The molecule has 0 fully saturated rings. The normalized spacial score (nSPS) is 13.9. The number of nitrogens with two attached hydrogens (primary N) is 1. The number of carbonyl (C=O) groups is 1. The Morgan fingerprint density at radius 3 is 2.44 bits per heavy atom. The summed E-state index contributed by atoms with van der Waals surface area (Å²) in [5.74, 6) is -1.27. The molecule has 0 saturated heterocycles. The molecule has 0 bridgehead atoms. The van der Waals surface area contributed by atoms with Crippen molar-refractivity contribution >= 4 is 43.4 Å². The second kappa shape index (κ2) is 9.42. The summed E-state index contributed by atoms with van der Waals surface area (Å²) in [7, 11) is -3.81. The SMILES string of the molecule is NCCCCC(C(=O)O)N(c1cc(S(=O)(=O)c2ccccc2)cs1)S(=O)O. The third kappa shape index (κ3) is 5.14. The van der Waals surface area contributed by atoms with Crippen LogP contribution in [0, 0.1) is 0 Å². The van der Waals surface area contributed by atoms with E-state index in [-0.39, 0.29) is 21.2 Å². The number of aliphatic carboxylic acids is 1. The van der Waals surface area contributed by atoms with Gasteiger partial charge in [-0.2, -0.15) is 0 Å². The Balaban J connectivity index is 2.37. The topological polar surface area (TPSA) is 138 Å². The third-order valence-corrected chi connectivity index (χ3v) is 7.54. The molecule has 1 aromatic carbocycles. The highest BCUT2D eigenvalue weighted by Gasteiger charge is 2.32. The van der Waals surface area contributed by atoms with Crippen LogP contribution >= 0.6 is 11.3 Å². The number of sulfone groups is 1. The highest BCUT2D eigenvalue weighted by Crippen LogP contribution is 2.33. The lowest BCUT2D eigenvalue weighted by Gasteiger charge is -2.25. The Morgan fingerprint density at radius 1 is 1.22 bits per heavy atom. The first kappa shape index (κ1) is 21.5. The van der Waals surface area contributed by atoms with E-state index < -0.39 is 33.1 Å². The molecule has 1 heterocycles. The fourth-order valence-corrected chi connectivity index (χ4v) is 5.91. The lowest BCUT2D eigenvalue weighted by molar-refractivity contribution is -0.138. The van der Waals surface area contributed by atoms with Crippen molar-refractivity contribution in [1.29, 1.82) is 0 Å². The van der Waals surface area contributed by atoms with Crippen molar-refractivity contribution in [3.05, 3.63) is 41.8 Å². The zero-order valence-electron chi connectivity index (χ0n) is 14.2. The van der Waals surface area contributed by atoms with Crippen molar-refractivity contribution in [2.45, 2.75) is 35.1 Å². The number of thiophene rings is 1. The fraction of sp³-hybridized carbons (Fsp3) is 0.312. The van der Waals surface area contributed by atoms with Gasteiger partial charge in [-0.25, -0.2) is 21.7 Å². The number of hydrogen-bond acceptors (Lipinski definition) is 6. The molecule has 0 amide bonds. The molecule has 0 spiro atoms. The van der Waals surface area contributed by atoms with E-state index in [9.17, 15) is 27.1 Å². The second-order valence-corrected chi connectivity index (χ2v) is 9.33. The predicted octanol–water partition coefficient (Wildman–Crippen LogP) is 2.11. The number of anilines is 1. The summed E-state index contributed by atoms with van der Waals surface area (Å²) < 4.78 is 47.6. The molecule has 11 heteroatoms. The molecule has 8 nitrogen and oxygen atoms in total. The Kier molecular flexibility index (Phi) is 7.50. The summed E-state index contributed by atoms with van der Waals surface area (Å²) in [6.07, 6.45) is 1.15. The Bertz CT molecular complexity index is 898. The number of nitrogens with zero attached hydrogens (tertiary/aromatic N) is 1. The van der Waals surface area contributed by atoms with Crippen molar-refractivity contribution in [1.82, 2.24) is 0 Å². The maximum absolute atomic E-state index is 12.7. The van der Waals surface area contributed by atoms with Crippen molar-refractivity contribution in [3.63, 3.8) is 0 Å². The van der Waals surface area contributed by atoms with Crippen LogP contribution in [0.5, 0.6) is 0 Å². The zero-order valence-corrected chi connectivity index (χ0v) is 16.7. The Labute approximate surface area is 164 Å². The molecule has 0 radical (unpaired) electrons. The first-order valence-electron chi connectivity index (χ1n) is 8.00. The summed E-state index contributed by atoms with van der Waals surface area (Å²) in [6, 6.07) is 7.71. The molecule has 148 valence electrons. The molecule has 2 aromatic rings. The first-order valence-corrected chi connectivity index (χ1v) is 11.4. The van der Waals surface area contributed by atoms with E-state index in [2.05, 4.69) is 0 Å². The summed E-state index contributed by atoms with van der Waals surface area (Å²) in [6.45, 7) is 0.382. The lowest BCUT2D eigenvalue weighted by Crippen LogP contribution is -2.42. The van der Waals surface area contributed by atoms with Crippen LogP contribution in [0.25, 0.3) is 0 Å². The van der Waals surface area contributed by atoms with Gasteiger partial charge in [0.2, 0.25) is 9.84 Å². The molecule has 27 heavy (non-hydrogen) atoms. The van der Waals surface area contributed by atoms with Gasteiger partial charge in [-0.05, 0) is 44.0 Å². The molecule has 2 atom stereocenters. The summed E-state index contributed by atoms with van der Waals surface area (Å²) in [5.41, 5.74) is 5.41. The maximum Gasteiger partial charge on any atom is 0.327 e. The Morgan fingerprint density at radius 2 is 1.89 bits per heavy atom. The maximum atomic E-state index is 12.7. The monoisotopic (exact) mass is 432 g/mol. The second-order valence-electron chi connectivity index (χ2n) is 5.63. The quantitative estimate of drug-likeness (QED) is 0.386. The minimum atomic E-state index is -3.81. The van der Waals surface area contributed by atoms with Crippen LogP contribution < -0.4 is 10.0 Å². The standard InChI is InChI=1S/C16H20N2O6S3/c17-9-5-4-8-14(16(19)20)18(26(21)22)15-10-13(11-25-15)27(23,24)12-6-2-1-3-7-12/h1-3,6-7,10-11,14H,4-5,8-9,17H2,(H,19,20)(H,21,22). The van der Waals surface area contributed by atoms with E-state index in [1.165, 1.54) is 23.6 Å². The number of unbranched alkanes of at least 4 members (excludes halogenated alkanes) is 1. The third-order valence-electron chi connectivity index (χ3n) is 3.81. The molecule has 4 N–H and O–H groups in total. The van der Waals surface area contributed by atoms with E-state index in [1.54, 1.807) is 18.2 Å². The van der Waals surface area contributed by atoms with Gasteiger partial charge in [-0.15, -0.1) is 11.3 Å². The molecular formula is C16H20N2O6S3. The number of benzene rings is 1. The van der Waals surface area contributed by atoms with E-state index >= 15 is 0 Å². The van der Waals surface area contributed by atoms with Gasteiger partial charge in [0.05, 0.1) is 9.79 Å². The van der Waals surface area contributed by atoms with Crippen molar-refractivity contribution < 1.29 is 27.1 Å². The average Bonchev–Trinajstić information content (AvgIpc) is 3.11. The fourth-order valence-electron chi connectivity index (χ4n) is 2.46. The largest absolute Gasteiger partial charge is 0.480 e. The van der Waals surface area contributed by atoms with Gasteiger partial charge in [0, 0.05) is 5.38 Å². The van der Waals surface area contributed by atoms with Gasteiger partial charge < -0.3 is 10.8 Å². The zero-order chi connectivity index (χ0) is 20.0. The van der Waals surface area contributed by atoms with Gasteiger partial charge in [0.15, 0.2) is 0 Å². The molecule has 1 aromatic heterocycles. The highest BCUT2D eigenvalue weighted by molar-refractivity contribution is 7.91. The first-order chi connectivity index (χ1) is 12.8. The van der Waals surface area contributed by atoms with Crippen LogP contribution in [0.1, 0.15) is 19.3 Å². The van der Waals surface area contributed by atoms with E-state index in [0.717, 1.165) is 15.6 Å². The molecule has 0 aliphatic carbocycles. The van der Waals surface area contributed by atoms with Gasteiger partial charge in [-0.1, -0.05) is 18.2 Å². The highest BCUT2D eigenvalue weighted by atomic mass is 32.2. The van der Waals surface area contributed by atoms with Gasteiger partial charge in [0.25, 0.3) is 11.3 Å². The van der Waals surface area contributed by atoms with Crippen LogP contribution in [0.15, 0.2) is 51.6 Å². The van der Waals surface area contributed by atoms with Gasteiger partial charge in [-0.3, -0.25) is 4.55 Å². The molecule has 0 aliphatic rings. The summed E-state index contributed by atoms with van der Waals surface area (Å²) in [5, 5.41) is 10.9. The van der Waals surface area contributed by atoms with Crippen molar-refractivity contribution in [2.75, 3.05) is 10.8 Å². The number of carboxylic acid groups (broad SMARTS) is 1. The van der Waals surface area contributed by atoms with Crippen LogP contribution in [0.4, 0.5) is 5.00 Å². The molecule has 0 aliphatic heterocycles. The van der Waals surface area contributed by atoms with Crippen LogP contribution in [0.3, 0.4) is 0 Å². The van der Waals surface area contributed by atoms with Gasteiger partial charge in [0.1, 0.15) is 11.0 Å². The van der Waals surface area contributed by atoms with Crippen LogP contribution in [-0.2, 0) is 25.9 Å². The molecule has 0 saturated carbocycles. The Hall–Kier alpha value is -1.79. The number of hydrogen-bond donors (Lipinski definition) is 3. The van der Waals surface area contributed by atoms with Crippen LogP contribution in [0.2, 0.25) is 0 Å². The van der Waals surface area contributed by atoms with Crippen molar-refractivity contribution in [3.8, 4) is 0 Å². The van der Waals surface area contributed by atoms with E-state index in [4.69, 9.17) is 5.73 Å². The average molecular weight is 433 g/mol. The molecule has 2 rings (SSSR count). The lowest BCUT2D eigenvalue weighted by atomic mass is 10.1.